The average Bonchev–Trinajstić information content (AvgIpc) is 2.78. The lowest BCUT2D eigenvalue weighted by Crippen LogP contribution is -2.16. The molecule has 21 heavy (non-hydrogen) atoms. The highest BCUT2D eigenvalue weighted by Crippen LogP contribution is 2.38. The summed E-state index contributed by atoms with van der Waals surface area (Å²) in [5, 5.41) is 10.0. The Kier molecular flexibility index (Phi) is 4.29. The average molecular weight is 299 g/mol. The largest absolute Gasteiger partial charge is 0.396 e. The molecule has 5 heteroatoms. The van der Waals surface area contributed by atoms with E-state index in [4.69, 9.17) is 5.73 Å². The van der Waals surface area contributed by atoms with Crippen LogP contribution in [0.25, 0.3) is 0 Å². The molecule has 0 saturated heterocycles. The summed E-state index contributed by atoms with van der Waals surface area (Å²) in [5.41, 5.74) is 8.94. The van der Waals surface area contributed by atoms with Gasteiger partial charge in [-0.05, 0) is 12.5 Å². The Labute approximate surface area is 128 Å². The summed E-state index contributed by atoms with van der Waals surface area (Å²) in [6.07, 6.45) is 0. The molecular weight excluding hydrogens is 282 g/mol. The van der Waals surface area contributed by atoms with Gasteiger partial charge in [0.2, 0.25) is 0 Å². The topological polar surface area (TPSA) is 70.1 Å². The van der Waals surface area contributed by atoms with Gasteiger partial charge in [0.15, 0.2) is 5.78 Å². The van der Waals surface area contributed by atoms with Crippen LogP contribution >= 0.6 is 11.3 Å². The number of aryl methyl sites for hydroxylation is 1. The maximum atomic E-state index is 11.6. The Morgan fingerprint density at radius 2 is 2.00 bits per heavy atom. The van der Waals surface area contributed by atoms with Gasteiger partial charge in [0.1, 0.15) is 16.6 Å². The highest BCUT2D eigenvalue weighted by molar-refractivity contribution is 7.19. The van der Waals surface area contributed by atoms with Crippen LogP contribution < -0.4 is 10.6 Å². The molecule has 0 aliphatic rings. The van der Waals surface area contributed by atoms with Crippen LogP contribution in [-0.4, -0.2) is 12.8 Å². The SMILES string of the molecule is CC(=O)c1sc(N(C)Cc2ccc(C)cc2)c(C#N)c1N. The molecule has 1 aromatic carbocycles. The van der Waals surface area contributed by atoms with Crippen molar-refractivity contribution in [3.05, 3.63) is 45.8 Å². The van der Waals surface area contributed by atoms with Crippen molar-refractivity contribution in [2.75, 3.05) is 17.7 Å². The molecule has 0 aliphatic carbocycles. The van der Waals surface area contributed by atoms with Crippen molar-refractivity contribution in [1.82, 2.24) is 0 Å². The van der Waals surface area contributed by atoms with Crippen LogP contribution in [0.4, 0.5) is 10.7 Å². The highest BCUT2D eigenvalue weighted by atomic mass is 32.1. The first kappa shape index (κ1) is 15.1. The maximum absolute atomic E-state index is 11.6. The zero-order valence-electron chi connectivity index (χ0n) is 12.3. The minimum atomic E-state index is -0.107. The van der Waals surface area contributed by atoms with E-state index in [1.807, 2.05) is 18.9 Å². The molecule has 0 radical (unpaired) electrons. The van der Waals surface area contributed by atoms with Crippen LogP contribution in [0.15, 0.2) is 24.3 Å². The van der Waals surface area contributed by atoms with E-state index in [0.717, 1.165) is 10.6 Å². The van der Waals surface area contributed by atoms with E-state index in [-0.39, 0.29) is 5.78 Å². The van der Waals surface area contributed by atoms with Gasteiger partial charge in [-0.25, -0.2) is 0 Å². The summed E-state index contributed by atoms with van der Waals surface area (Å²) in [4.78, 5) is 14.0. The van der Waals surface area contributed by atoms with E-state index >= 15 is 0 Å². The third-order valence-corrected chi connectivity index (χ3v) is 4.67. The molecule has 0 unspecified atom stereocenters. The van der Waals surface area contributed by atoms with Gasteiger partial charge in [-0.2, -0.15) is 5.26 Å². The number of nitrogen functional groups attached to an aromatic ring is 1. The fraction of sp³-hybridized carbons (Fsp3) is 0.250. The molecule has 2 rings (SSSR count). The monoisotopic (exact) mass is 299 g/mol. The quantitative estimate of drug-likeness (QED) is 0.879. The maximum Gasteiger partial charge on any atom is 0.171 e. The van der Waals surface area contributed by atoms with Gasteiger partial charge in [0.05, 0.1) is 10.6 Å². The molecule has 0 atom stereocenters. The number of Topliss-reactive ketones (excluding diaryl/α,β-unsaturated/α-hetero) is 1. The number of anilines is 2. The molecular formula is C16H17N3OS. The number of benzene rings is 1. The van der Waals surface area contributed by atoms with Gasteiger partial charge in [-0.1, -0.05) is 29.8 Å². The molecule has 2 aromatic rings. The van der Waals surface area contributed by atoms with Gasteiger partial charge in [0.25, 0.3) is 0 Å². The van der Waals surface area contributed by atoms with E-state index in [2.05, 4.69) is 30.3 Å². The van der Waals surface area contributed by atoms with E-state index in [9.17, 15) is 10.1 Å². The number of nitriles is 1. The summed E-state index contributed by atoms with van der Waals surface area (Å²) in [6, 6.07) is 10.3. The first-order valence-electron chi connectivity index (χ1n) is 6.54. The second-order valence-corrected chi connectivity index (χ2v) is 6.03. The summed E-state index contributed by atoms with van der Waals surface area (Å²) in [7, 11) is 1.90. The minimum Gasteiger partial charge on any atom is -0.396 e. The zero-order valence-corrected chi connectivity index (χ0v) is 13.1. The molecule has 1 aromatic heterocycles. The Bertz CT molecular complexity index is 710. The number of carbonyl (C=O) groups excluding carboxylic acids is 1. The smallest absolute Gasteiger partial charge is 0.171 e. The van der Waals surface area contributed by atoms with Gasteiger partial charge in [0, 0.05) is 20.5 Å². The van der Waals surface area contributed by atoms with E-state index in [1.165, 1.54) is 23.8 Å². The number of ketones is 1. The predicted octanol–water partition coefficient (Wildman–Crippen LogP) is 3.35. The van der Waals surface area contributed by atoms with Crippen molar-refractivity contribution in [2.24, 2.45) is 0 Å². The van der Waals surface area contributed by atoms with Crippen molar-refractivity contribution < 1.29 is 4.79 Å². The molecule has 108 valence electrons. The lowest BCUT2D eigenvalue weighted by Gasteiger charge is -2.18. The summed E-state index contributed by atoms with van der Waals surface area (Å²) in [5.74, 6) is -0.107. The standard InChI is InChI=1S/C16H17N3OS/c1-10-4-6-12(7-5-10)9-19(3)16-13(8-17)14(18)15(21-16)11(2)20/h4-7H,9,18H2,1-3H3. The van der Waals surface area contributed by atoms with E-state index in [0.29, 0.717) is 22.7 Å². The third-order valence-electron chi connectivity index (χ3n) is 3.25. The van der Waals surface area contributed by atoms with Crippen molar-refractivity contribution in [3.63, 3.8) is 0 Å². The van der Waals surface area contributed by atoms with Gasteiger partial charge >= 0.3 is 0 Å². The molecule has 0 saturated carbocycles. The second-order valence-electron chi connectivity index (χ2n) is 5.03. The van der Waals surface area contributed by atoms with Crippen molar-refractivity contribution in [1.29, 1.82) is 5.26 Å². The lowest BCUT2D eigenvalue weighted by atomic mass is 10.1. The molecule has 0 amide bonds. The normalized spacial score (nSPS) is 10.2. The molecule has 0 bridgehead atoms. The molecule has 0 fully saturated rings. The summed E-state index contributed by atoms with van der Waals surface area (Å²) in [6.45, 7) is 4.17. The van der Waals surface area contributed by atoms with Crippen LogP contribution in [0.2, 0.25) is 0 Å². The van der Waals surface area contributed by atoms with Crippen LogP contribution in [-0.2, 0) is 6.54 Å². The molecule has 2 N–H and O–H groups in total. The van der Waals surface area contributed by atoms with Gasteiger partial charge in [-0.15, -0.1) is 11.3 Å². The van der Waals surface area contributed by atoms with Crippen molar-refractivity contribution >= 4 is 27.8 Å². The zero-order chi connectivity index (χ0) is 15.6. The highest BCUT2D eigenvalue weighted by Gasteiger charge is 2.21. The van der Waals surface area contributed by atoms with E-state index < -0.39 is 0 Å². The Morgan fingerprint density at radius 3 is 2.52 bits per heavy atom. The van der Waals surface area contributed by atoms with E-state index in [1.54, 1.807) is 0 Å². The lowest BCUT2D eigenvalue weighted by molar-refractivity contribution is 0.102. The summed E-state index contributed by atoms with van der Waals surface area (Å²) >= 11 is 1.28. The number of thiophene rings is 1. The number of carbonyl (C=O) groups is 1. The van der Waals surface area contributed by atoms with Gasteiger partial charge < -0.3 is 10.6 Å². The second kappa shape index (κ2) is 5.98. The predicted molar refractivity (Wildman–Crippen MR) is 86.7 cm³/mol. The minimum absolute atomic E-state index is 0.107. The number of rotatable bonds is 4. The number of nitrogens with zero attached hydrogens (tertiary/aromatic N) is 2. The fourth-order valence-corrected chi connectivity index (χ4v) is 3.14. The number of hydrogen-bond acceptors (Lipinski definition) is 5. The first-order chi connectivity index (χ1) is 9.93. The van der Waals surface area contributed by atoms with Crippen LogP contribution in [0.3, 0.4) is 0 Å². The molecule has 0 spiro atoms. The van der Waals surface area contributed by atoms with Gasteiger partial charge in [-0.3, -0.25) is 4.79 Å². The number of nitrogens with two attached hydrogens (primary N) is 1. The van der Waals surface area contributed by atoms with Crippen LogP contribution in [0.5, 0.6) is 0 Å². The third kappa shape index (κ3) is 3.06. The summed E-state index contributed by atoms with van der Waals surface area (Å²) < 4.78 is 0. The Balaban J connectivity index is 2.33. The Hall–Kier alpha value is -2.32. The molecule has 1 heterocycles. The molecule has 4 nitrogen and oxygen atoms in total. The molecule has 0 aliphatic heterocycles. The van der Waals surface area contributed by atoms with Crippen LogP contribution in [0, 0.1) is 18.3 Å². The van der Waals surface area contributed by atoms with Crippen molar-refractivity contribution in [2.45, 2.75) is 20.4 Å². The van der Waals surface area contributed by atoms with Crippen LogP contribution in [0.1, 0.15) is 33.3 Å². The fourth-order valence-electron chi connectivity index (χ4n) is 2.11. The Morgan fingerprint density at radius 1 is 1.38 bits per heavy atom. The van der Waals surface area contributed by atoms with Crippen molar-refractivity contribution in [3.8, 4) is 6.07 Å². The first-order valence-corrected chi connectivity index (χ1v) is 7.35. The number of hydrogen-bond donors (Lipinski definition) is 1.